The van der Waals surface area contributed by atoms with Crippen LogP contribution in [0.15, 0.2) is 41.0 Å². The standard InChI is InChI=1S/C16H19ClFNO2/c1-12(13-5-6-16(18)15(17)10-13)19-7-3-8-20-11-14-4-2-9-21-14/h2,4-6,9-10,12,19H,3,7-8,11H2,1H3. The highest BCUT2D eigenvalue weighted by molar-refractivity contribution is 6.30. The van der Waals surface area contributed by atoms with Crippen LogP contribution in [0.5, 0.6) is 0 Å². The van der Waals surface area contributed by atoms with Gasteiger partial charge in [0.25, 0.3) is 0 Å². The molecule has 1 unspecified atom stereocenters. The summed E-state index contributed by atoms with van der Waals surface area (Å²) >= 11 is 5.78. The Labute approximate surface area is 129 Å². The number of rotatable bonds is 8. The van der Waals surface area contributed by atoms with Gasteiger partial charge in [0.15, 0.2) is 0 Å². The van der Waals surface area contributed by atoms with Crippen LogP contribution in [0.2, 0.25) is 5.02 Å². The Kier molecular flexibility index (Phi) is 6.23. The highest BCUT2D eigenvalue weighted by atomic mass is 35.5. The molecule has 0 saturated carbocycles. The maximum atomic E-state index is 13.1. The van der Waals surface area contributed by atoms with E-state index in [4.69, 9.17) is 20.8 Å². The highest BCUT2D eigenvalue weighted by Crippen LogP contribution is 2.20. The molecular weight excluding hydrogens is 293 g/mol. The molecule has 0 spiro atoms. The average Bonchev–Trinajstić information content (AvgIpc) is 2.98. The zero-order valence-corrected chi connectivity index (χ0v) is 12.7. The second-order valence-electron chi connectivity index (χ2n) is 4.83. The molecule has 5 heteroatoms. The molecule has 1 N–H and O–H groups in total. The molecule has 0 fully saturated rings. The van der Waals surface area contributed by atoms with Gasteiger partial charge in [-0.25, -0.2) is 4.39 Å². The monoisotopic (exact) mass is 311 g/mol. The molecule has 0 aliphatic rings. The van der Waals surface area contributed by atoms with Crippen LogP contribution in [0.25, 0.3) is 0 Å². The lowest BCUT2D eigenvalue weighted by molar-refractivity contribution is 0.104. The number of nitrogens with one attached hydrogen (secondary N) is 1. The topological polar surface area (TPSA) is 34.4 Å². The van der Waals surface area contributed by atoms with Crippen molar-refractivity contribution in [1.29, 1.82) is 0 Å². The minimum Gasteiger partial charge on any atom is -0.467 e. The Hall–Kier alpha value is -1.36. The highest BCUT2D eigenvalue weighted by Gasteiger charge is 2.07. The Morgan fingerprint density at radius 2 is 2.24 bits per heavy atom. The minimum absolute atomic E-state index is 0.119. The number of halogens is 2. The van der Waals surface area contributed by atoms with Gasteiger partial charge in [0, 0.05) is 12.6 Å². The molecule has 0 amide bonds. The summed E-state index contributed by atoms with van der Waals surface area (Å²) in [7, 11) is 0. The Balaban J connectivity index is 1.62. The van der Waals surface area contributed by atoms with Gasteiger partial charge in [-0.1, -0.05) is 17.7 Å². The summed E-state index contributed by atoms with van der Waals surface area (Å²) in [5.74, 6) is 0.441. The van der Waals surface area contributed by atoms with Crippen LogP contribution in [0.3, 0.4) is 0 Å². The van der Waals surface area contributed by atoms with E-state index in [1.165, 1.54) is 6.07 Å². The lowest BCUT2D eigenvalue weighted by Gasteiger charge is -2.14. The Morgan fingerprint density at radius 3 is 2.95 bits per heavy atom. The van der Waals surface area contributed by atoms with Crippen molar-refractivity contribution < 1.29 is 13.5 Å². The molecular formula is C16H19ClFNO2. The molecule has 3 nitrogen and oxygen atoms in total. The van der Waals surface area contributed by atoms with Crippen molar-refractivity contribution >= 4 is 11.6 Å². The van der Waals surface area contributed by atoms with Gasteiger partial charge in [0.1, 0.15) is 18.2 Å². The summed E-state index contributed by atoms with van der Waals surface area (Å²) in [4.78, 5) is 0. The number of hydrogen-bond donors (Lipinski definition) is 1. The molecule has 1 heterocycles. The smallest absolute Gasteiger partial charge is 0.141 e. The van der Waals surface area contributed by atoms with Gasteiger partial charge in [-0.3, -0.25) is 0 Å². The average molecular weight is 312 g/mol. The fourth-order valence-electron chi connectivity index (χ4n) is 1.96. The molecule has 0 aliphatic heterocycles. The van der Waals surface area contributed by atoms with Gasteiger partial charge in [0.05, 0.1) is 11.3 Å². The fourth-order valence-corrected chi connectivity index (χ4v) is 2.15. The molecule has 2 aromatic rings. The predicted molar refractivity (Wildman–Crippen MR) is 80.8 cm³/mol. The summed E-state index contributed by atoms with van der Waals surface area (Å²) in [6, 6.07) is 8.64. The maximum Gasteiger partial charge on any atom is 0.141 e. The number of benzene rings is 1. The van der Waals surface area contributed by atoms with Gasteiger partial charge in [-0.15, -0.1) is 0 Å². The van der Waals surface area contributed by atoms with Gasteiger partial charge in [-0.2, -0.15) is 0 Å². The van der Waals surface area contributed by atoms with Crippen molar-refractivity contribution in [2.75, 3.05) is 13.2 Å². The number of furan rings is 1. The Morgan fingerprint density at radius 1 is 1.38 bits per heavy atom. The second-order valence-corrected chi connectivity index (χ2v) is 5.24. The first kappa shape index (κ1) is 16.0. The van der Waals surface area contributed by atoms with E-state index in [2.05, 4.69) is 5.32 Å². The molecule has 0 aliphatic carbocycles. The van der Waals surface area contributed by atoms with Crippen LogP contribution in [0, 0.1) is 5.82 Å². The van der Waals surface area contributed by atoms with Gasteiger partial charge >= 0.3 is 0 Å². The first-order chi connectivity index (χ1) is 10.2. The van der Waals surface area contributed by atoms with E-state index < -0.39 is 0 Å². The summed E-state index contributed by atoms with van der Waals surface area (Å²) in [5, 5.41) is 3.51. The van der Waals surface area contributed by atoms with Crippen molar-refractivity contribution in [3.63, 3.8) is 0 Å². The van der Waals surface area contributed by atoms with Crippen molar-refractivity contribution in [2.45, 2.75) is 26.0 Å². The van der Waals surface area contributed by atoms with Crippen molar-refractivity contribution in [3.8, 4) is 0 Å². The zero-order valence-electron chi connectivity index (χ0n) is 11.9. The Bertz CT molecular complexity index is 545. The fraction of sp³-hybridized carbons (Fsp3) is 0.375. The number of ether oxygens (including phenoxy) is 1. The van der Waals surface area contributed by atoms with E-state index in [0.29, 0.717) is 13.2 Å². The van der Waals surface area contributed by atoms with E-state index >= 15 is 0 Å². The van der Waals surface area contributed by atoms with Crippen molar-refractivity contribution in [1.82, 2.24) is 5.32 Å². The van der Waals surface area contributed by atoms with Crippen LogP contribution in [0.4, 0.5) is 4.39 Å². The van der Waals surface area contributed by atoms with E-state index in [1.807, 2.05) is 19.1 Å². The van der Waals surface area contributed by atoms with Crippen LogP contribution < -0.4 is 5.32 Å². The molecule has 1 atom stereocenters. The third-order valence-electron chi connectivity index (χ3n) is 3.18. The summed E-state index contributed by atoms with van der Waals surface area (Å²) in [6.45, 7) is 3.99. The summed E-state index contributed by atoms with van der Waals surface area (Å²) < 4.78 is 23.8. The van der Waals surface area contributed by atoms with Crippen molar-refractivity contribution in [2.24, 2.45) is 0 Å². The number of hydrogen-bond acceptors (Lipinski definition) is 3. The normalized spacial score (nSPS) is 12.5. The lowest BCUT2D eigenvalue weighted by Crippen LogP contribution is -2.21. The van der Waals surface area contributed by atoms with Crippen molar-refractivity contribution in [3.05, 3.63) is 58.8 Å². The van der Waals surface area contributed by atoms with Crippen LogP contribution in [-0.2, 0) is 11.3 Å². The van der Waals surface area contributed by atoms with E-state index in [0.717, 1.165) is 24.3 Å². The minimum atomic E-state index is -0.390. The predicted octanol–water partition coefficient (Wildman–Crippen LogP) is 4.33. The largest absolute Gasteiger partial charge is 0.467 e. The lowest BCUT2D eigenvalue weighted by atomic mass is 10.1. The van der Waals surface area contributed by atoms with Crippen LogP contribution in [-0.4, -0.2) is 13.2 Å². The molecule has 0 bridgehead atoms. The summed E-state index contributed by atoms with van der Waals surface area (Å²) in [6.07, 6.45) is 2.52. The van der Waals surface area contributed by atoms with E-state index in [9.17, 15) is 4.39 Å². The molecule has 1 aromatic heterocycles. The molecule has 2 rings (SSSR count). The zero-order chi connectivity index (χ0) is 15.1. The van der Waals surface area contributed by atoms with Crippen LogP contribution >= 0.6 is 11.6 Å². The van der Waals surface area contributed by atoms with Gasteiger partial charge in [-0.05, 0) is 49.7 Å². The van der Waals surface area contributed by atoms with Gasteiger partial charge < -0.3 is 14.5 Å². The summed E-state index contributed by atoms with van der Waals surface area (Å²) in [5.41, 5.74) is 0.970. The maximum absolute atomic E-state index is 13.1. The third kappa shape index (κ3) is 5.16. The first-order valence-corrected chi connectivity index (χ1v) is 7.33. The molecule has 0 saturated heterocycles. The molecule has 0 radical (unpaired) electrons. The quantitative estimate of drug-likeness (QED) is 0.737. The molecule has 21 heavy (non-hydrogen) atoms. The van der Waals surface area contributed by atoms with E-state index in [1.54, 1.807) is 18.4 Å². The third-order valence-corrected chi connectivity index (χ3v) is 3.47. The second kappa shape index (κ2) is 8.17. The SMILES string of the molecule is CC(NCCCOCc1ccco1)c1ccc(F)c(Cl)c1. The van der Waals surface area contributed by atoms with Crippen LogP contribution in [0.1, 0.15) is 30.7 Å². The first-order valence-electron chi connectivity index (χ1n) is 6.95. The molecule has 114 valence electrons. The molecule has 1 aromatic carbocycles. The van der Waals surface area contributed by atoms with Gasteiger partial charge in [0.2, 0.25) is 0 Å². The van der Waals surface area contributed by atoms with E-state index in [-0.39, 0.29) is 16.9 Å².